The molecule has 0 aliphatic carbocycles. The molecule has 2 aromatic rings. The first-order valence-electron chi connectivity index (χ1n) is 7.75. The Bertz CT molecular complexity index is 569. The van der Waals surface area contributed by atoms with Crippen LogP contribution in [0.2, 0.25) is 0 Å². The summed E-state index contributed by atoms with van der Waals surface area (Å²) in [6.07, 6.45) is 2.54. The number of nitrogens with one attached hydrogen (secondary N) is 2. The predicted octanol–water partition coefficient (Wildman–Crippen LogP) is 3.80. The number of hydrogen-bond acceptors (Lipinski definition) is 2. The van der Waals surface area contributed by atoms with Crippen LogP contribution in [0.1, 0.15) is 31.1 Å². The quantitative estimate of drug-likeness (QED) is 0.419. The summed E-state index contributed by atoms with van der Waals surface area (Å²) in [5.74, 6) is 2.21. The van der Waals surface area contributed by atoms with E-state index in [0.29, 0.717) is 5.92 Å². The Hall–Kier alpha value is -1.50. The molecule has 0 bridgehead atoms. The number of halogens is 1. The topological polar surface area (TPSA) is 49.6 Å². The molecule has 2 unspecified atom stereocenters. The maximum absolute atomic E-state index is 5.33. The summed E-state index contributed by atoms with van der Waals surface area (Å²) in [5, 5.41) is 6.78. The molecule has 1 aromatic heterocycles. The lowest BCUT2D eigenvalue weighted by Crippen LogP contribution is -2.44. The van der Waals surface area contributed by atoms with Gasteiger partial charge in [0.2, 0.25) is 0 Å². The molecule has 1 heterocycles. The maximum atomic E-state index is 5.33. The van der Waals surface area contributed by atoms with Crippen molar-refractivity contribution < 1.29 is 4.42 Å². The zero-order chi connectivity index (χ0) is 15.8. The van der Waals surface area contributed by atoms with Crippen molar-refractivity contribution in [1.29, 1.82) is 0 Å². The van der Waals surface area contributed by atoms with E-state index < -0.39 is 0 Å². The van der Waals surface area contributed by atoms with Gasteiger partial charge in [-0.3, -0.25) is 4.99 Å². The highest BCUT2D eigenvalue weighted by molar-refractivity contribution is 14.0. The molecule has 0 aliphatic heterocycles. The van der Waals surface area contributed by atoms with Gasteiger partial charge in [0.1, 0.15) is 5.76 Å². The summed E-state index contributed by atoms with van der Waals surface area (Å²) in [5.41, 5.74) is 1.33. The van der Waals surface area contributed by atoms with Crippen LogP contribution >= 0.6 is 24.0 Å². The Morgan fingerprint density at radius 1 is 1.13 bits per heavy atom. The van der Waals surface area contributed by atoms with E-state index in [4.69, 9.17) is 4.42 Å². The molecule has 23 heavy (non-hydrogen) atoms. The van der Waals surface area contributed by atoms with Gasteiger partial charge in [-0.15, -0.1) is 24.0 Å². The molecule has 5 heteroatoms. The largest absolute Gasteiger partial charge is 0.469 e. The number of aliphatic imine (C=N–C) groups is 1. The second kappa shape index (κ2) is 10.3. The monoisotopic (exact) mass is 427 g/mol. The Balaban J connectivity index is 0.00000264. The Labute approximate surface area is 155 Å². The first-order chi connectivity index (χ1) is 10.7. The summed E-state index contributed by atoms with van der Waals surface area (Å²) in [7, 11) is 1.79. The number of nitrogens with zero attached hydrogens (tertiary/aromatic N) is 1. The van der Waals surface area contributed by atoms with Crippen LogP contribution in [-0.4, -0.2) is 25.6 Å². The van der Waals surface area contributed by atoms with E-state index >= 15 is 0 Å². The molecular formula is C18H26IN3O. The second-order valence-corrected chi connectivity index (χ2v) is 5.46. The summed E-state index contributed by atoms with van der Waals surface area (Å²) < 4.78 is 5.33. The molecule has 0 aliphatic rings. The number of benzene rings is 1. The number of rotatable bonds is 6. The van der Waals surface area contributed by atoms with Crippen molar-refractivity contribution in [2.75, 3.05) is 13.6 Å². The van der Waals surface area contributed by atoms with Gasteiger partial charge < -0.3 is 15.1 Å². The first-order valence-corrected chi connectivity index (χ1v) is 7.75. The van der Waals surface area contributed by atoms with Gasteiger partial charge in [-0.25, -0.2) is 0 Å². The van der Waals surface area contributed by atoms with E-state index in [1.165, 1.54) is 5.56 Å². The molecule has 2 rings (SSSR count). The molecule has 0 spiro atoms. The average molecular weight is 427 g/mol. The molecular weight excluding hydrogens is 401 g/mol. The minimum Gasteiger partial charge on any atom is -0.469 e. The normalized spacial score (nSPS) is 13.8. The van der Waals surface area contributed by atoms with Crippen molar-refractivity contribution in [2.45, 2.75) is 32.2 Å². The summed E-state index contributed by atoms with van der Waals surface area (Å²) in [4.78, 5) is 4.29. The van der Waals surface area contributed by atoms with Crippen LogP contribution in [0.5, 0.6) is 0 Å². The molecule has 0 saturated carbocycles. The van der Waals surface area contributed by atoms with E-state index in [1.54, 1.807) is 13.3 Å². The minimum atomic E-state index is 0. The first kappa shape index (κ1) is 19.5. The molecule has 2 atom stereocenters. The van der Waals surface area contributed by atoms with Crippen molar-refractivity contribution in [2.24, 2.45) is 4.99 Å². The standard InChI is InChI=1S/C18H25N3O.HI/c1-14(16-8-5-4-6-9-16)15(2)21-18(19-3)20-12-11-17-10-7-13-22-17;/h4-10,13-15H,11-12H2,1-3H3,(H2,19,20,21);1H. The van der Waals surface area contributed by atoms with Crippen LogP contribution in [0.25, 0.3) is 0 Å². The van der Waals surface area contributed by atoms with Gasteiger partial charge in [0.15, 0.2) is 5.96 Å². The van der Waals surface area contributed by atoms with Crippen LogP contribution in [0, 0.1) is 0 Å². The SMILES string of the molecule is CN=C(NCCc1ccco1)NC(C)C(C)c1ccccc1.I. The molecule has 4 nitrogen and oxygen atoms in total. The Morgan fingerprint density at radius 3 is 2.48 bits per heavy atom. The van der Waals surface area contributed by atoms with Crippen molar-refractivity contribution in [3.8, 4) is 0 Å². The maximum Gasteiger partial charge on any atom is 0.191 e. The van der Waals surface area contributed by atoms with E-state index in [-0.39, 0.29) is 30.0 Å². The van der Waals surface area contributed by atoms with Gasteiger partial charge in [0.05, 0.1) is 6.26 Å². The summed E-state index contributed by atoms with van der Waals surface area (Å²) >= 11 is 0. The van der Waals surface area contributed by atoms with Gasteiger partial charge in [-0.2, -0.15) is 0 Å². The molecule has 0 amide bonds. The van der Waals surface area contributed by atoms with E-state index in [9.17, 15) is 0 Å². The summed E-state index contributed by atoms with van der Waals surface area (Å²) in [6, 6.07) is 14.7. The van der Waals surface area contributed by atoms with E-state index in [2.05, 4.69) is 53.7 Å². The lowest BCUT2D eigenvalue weighted by molar-refractivity contribution is 0.504. The van der Waals surface area contributed by atoms with E-state index in [1.807, 2.05) is 18.2 Å². The molecule has 126 valence electrons. The number of furan rings is 1. The molecule has 0 radical (unpaired) electrons. The minimum absolute atomic E-state index is 0. The van der Waals surface area contributed by atoms with Crippen LogP contribution in [0.4, 0.5) is 0 Å². The van der Waals surface area contributed by atoms with Gasteiger partial charge >= 0.3 is 0 Å². The van der Waals surface area contributed by atoms with Crippen molar-refractivity contribution >= 4 is 29.9 Å². The van der Waals surface area contributed by atoms with Gasteiger partial charge in [-0.1, -0.05) is 37.3 Å². The second-order valence-electron chi connectivity index (χ2n) is 5.46. The Morgan fingerprint density at radius 2 is 1.87 bits per heavy atom. The number of hydrogen-bond donors (Lipinski definition) is 2. The van der Waals surface area contributed by atoms with Crippen molar-refractivity contribution in [1.82, 2.24) is 10.6 Å². The van der Waals surface area contributed by atoms with Crippen molar-refractivity contribution in [3.05, 3.63) is 60.1 Å². The van der Waals surface area contributed by atoms with Crippen LogP contribution in [-0.2, 0) is 6.42 Å². The summed E-state index contributed by atoms with van der Waals surface area (Å²) in [6.45, 7) is 5.19. The zero-order valence-corrected chi connectivity index (χ0v) is 16.3. The molecule has 2 N–H and O–H groups in total. The van der Waals surface area contributed by atoms with Crippen LogP contribution in [0.15, 0.2) is 58.1 Å². The fourth-order valence-electron chi connectivity index (χ4n) is 2.34. The fourth-order valence-corrected chi connectivity index (χ4v) is 2.34. The third kappa shape index (κ3) is 6.25. The zero-order valence-electron chi connectivity index (χ0n) is 14.0. The van der Waals surface area contributed by atoms with Gasteiger partial charge in [0.25, 0.3) is 0 Å². The number of guanidine groups is 1. The molecule has 0 saturated heterocycles. The lowest BCUT2D eigenvalue weighted by atomic mass is 9.94. The smallest absolute Gasteiger partial charge is 0.191 e. The predicted molar refractivity (Wildman–Crippen MR) is 107 cm³/mol. The highest BCUT2D eigenvalue weighted by Gasteiger charge is 2.15. The highest BCUT2D eigenvalue weighted by Crippen LogP contribution is 2.18. The van der Waals surface area contributed by atoms with Crippen molar-refractivity contribution in [3.63, 3.8) is 0 Å². The molecule has 1 aromatic carbocycles. The van der Waals surface area contributed by atoms with Gasteiger partial charge in [0, 0.05) is 32.0 Å². The van der Waals surface area contributed by atoms with Crippen LogP contribution < -0.4 is 10.6 Å². The lowest BCUT2D eigenvalue weighted by Gasteiger charge is -2.24. The van der Waals surface area contributed by atoms with Gasteiger partial charge in [-0.05, 0) is 24.6 Å². The molecule has 0 fully saturated rings. The fraction of sp³-hybridized carbons (Fsp3) is 0.389. The average Bonchev–Trinajstić information content (AvgIpc) is 3.07. The Kier molecular flexibility index (Phi) is 8.76. The third-order valence-electron chi connectivity index (χ3n) is 3.91. The van der Waals surface area contributed by atoms with E-state index in [0.717, 1.165) is 24.7 Å². The third-order valence-corrected chi connectivity index (χ3v) is 3.91. The van der Waals surface area contributed by atoms with Crippen LogP contribution in [0.3, 0.4) is 0 Å². The highest BCUT2D eigenvalue weighted by atomic mass is 127.